The number of urea groups is 1. The van der Waals surface area contributed by atoms with Crippen LogP contribution < -0.4 is 19.7 Å². The summed E-state index contributed by atoms with van der Waals surface area (Å²) in [6.45, 7) is 8.70. The molecule has 1 saturated heterocycles. The zero-order valence-electron chi connectivity index (χ0n) is 18.2. The summed E-state index contributed by atoms with van der Waals surface area (Å²) in [7, 11) is 0. The van der Waals surface area contributed by atoms with Crippen molar-refractivity contribution < 1.29 is 23.9 Å². The van der Waals surface area contributed by atoms with Gasteiger partial charge in [-0.25, -0.2) is 9.69 Å². The van der Waals surface area contributed by atoms with E-state index in [4.69, 9.17) is 9.47 Å². The summed E-state index contributed by atoms with van der Waals surface area (Å²) in [5.74, 6) is -0.297. The molecule has 1 aliphatic rings. The quantitative estimate of drug-likeness (QED) is 0.535. The van der Waals surface area contributed by atoms with Crippen molar-refractivity contribution in [2.75, 3.05) is 18.1 Å². The second kappa shape index (κ2) is 9.47. The van der Waals surface area contributed by atoms with Crippen LogP contribution in [0.2, 0.25) is 0 Å². The van der Waals surface area contributed by atoms with Crippen LogP contribution in [0.5, 0.6) is 11.5 Å². The zero-order valence-corrected chi connectivity index (χ0v) is 18.2. The predicted molar refractivity (Wildman–Crippen MR) is 118 cm³/mol. The van der Waals surface area contributed by atoms with E-state index in [1.165, 1.54) is 6.08 Å². The molecule has 0 bridgehead atoms. The van der Waals surface area contributed by atoms with Crippen LogP contribution in [0.3, 0.4) is 0 Å². The van der Waals surface area contributed by atoms with Gasteiger partial charge in [-0.1, -0.05) is 19.1 Å². The Bertz CT molecular complexity index is 1060. The largest absolute Gasteiger partial charge is 0.490 e. The molecular formula is C24H26N2O5. The molecule has 0 aromatic heterocycles. The minimum absolute atomic E-state index is 0.137. The molecule has 2 aromatic carbocycles. The van der Waals surface area contributed by atoms with Gasteiger partial charge in [0.1, 0.15) is 5.57 Å². The van der Waals surface area contributed by atoms with Crippen LogP contribution in [0.15, 0.2) is 42.0 Å². The van der Waals surface area contributed by atoms with Crippen molar-refractivity contribution in [3.63, 3.8) is 0 Å². The molecular weight excluding hydrogens is 396 g/mol. The van der Waals surface area contributed by atoms with Gasteiger partial charge in [0.25, 0.3) is 11.8 Å². The van der Waals surface area contributed by atoms with Gasteiger partial charge < -0.3 is 9.47 Å². The Kier molecular flexibility index (Phi) is 6.74. The number of hydrogen-bond donors (Lipinski definition) is 1. The first-order valence-electron chi connectivity index (χ1n) is 10.2. The maximum Gasteiger partial charge on any atom is 0.335 e. The van der Waals surface area contributed by atoms with E-state index in [0.717, 1.165) is 22.4 Å². The summed E-state index contributed by atoms with van der Waals surface area (Å²) in [6.07, 6.45) is 2.30. The lowest BCUT2D eigenvalue weighted by atomic mass is 10.0. The Morgan fingerprint density at radius 3 is 2.39 bits per heavy atom. The SMILES string of the molecule is CCCOc1ccc(/C=C2\C(=O)NC(=O)N(c3ccc(C)c(C)c3)C2=O)cc1OCC. The molecule has 31 heavy (non-hydrogen) atoms. The highest BCUT2D eigenvalue weighted by Crippen LogP contribution is 2.30. The molecule has 1 heterocycles. The third-order valence-corrected chi connectivity index (χ3v) is 4.89. The summed E-state index contributed by atoms with van der Waals surface area (Å²) in [5, 5.41) is 2.24. The van der Waals surface area contributed by atoms with Crippen molar-refractivity contribution in [3.8, 4) is 11.5 Å². The Hall–Kier alpha value is -3.61. The Morgan fingerprint density at radius 1 is 0.935 bits per heavy atom. The van der Waals surface area contributed by atoms with Crippen molar-refractivity contribution in [1.82, 2.24) is 5.32 Å². The van der Waals surface area contributed by atoms with Crippen LogP contribution >= 0.6 is 0 Å². The second-order valence-electron chi connectivity index (χ2n) is 7.21. The first-order valence-corrected chi connectivity index (χ1v) is 10.2. The van der Waals surface area contributed by atoms with E-state index < -0.39 is 17.8 Å². The van der Waals surface area contributed by atoms with Gasteiger partial charge in [-0.2, -0.15) is 0 Å². The predicted octanol–water partition coefficient (Wildman–Crippen LogP) is 4.16. The van der Waals surface area contributed by atoms with Crippen molar-refractivity contribution in [3.05, 3.63) is 58.7 Å². The first kappa shape index (κ1) is 22.1. The smallest absolute Gasteiger partial charge is 0.335 e. The number of imide groups is 2. The lowest BCUT2D eigenvalue weighted by molar-refractivity contribution is -0.122. The molecule has 1 N–H and O–H groups in total. The first-order chi connectivity index (χ1) is 14.8. The van der Waals surface area contributed by atoms with Gasteiger partial charge in [0.15, 0.2) is 11.5 Å². The molecule has 4 amide bonds. The minimum Gasteiger partial charge on any atom is -0.490 e. The van der Waals surface area contributed by atoms with E-state index in [2.05, 4.69) is 5.32 Å². The summed E-state index contributed by atoms with van der Waals surface area (Å²) in [6, 6.07) is 9.66. The lowest BCUT2D eigenvalue weighted by Gasteiger charge is -2.27. The Morgan fingerprint density at radius 2 is 1.71 bits per heavy atom. The van der Waals surface area contributed by atoms with E-state index in [1.807, 2.05) is 33.8 Å². The maximum absolute atomic E-state index is 13.1. The number of barbiturate groups is 1. The molecule has 7 heteroatoms. The molecule has 3 rings (SSSR count). The van der Waals surface area contributed by atoms with Crippen molar-refractivity contribution in [2.24, 2.45) is 0 Å². The van der Waals surface area contributed by atoms with Gasteiger partial charge in [0, 0.05) is 0 Å². The van der Waals surface area contributed by atoms with E-state index >= 15 is 0 Å². The fourth-order valence-corrected chi connectivity index (χ4v) is 3.14. The van der Waals surface area contributed by atoms with Crippen LogP contribution in [0.4, 0.5) is 10.5 Å². The van der Waals surface area contributed by atoms with Crippen LogP contribution in [0.1, 0.15) is 37.0 Å². The van der Waals surface area contributed by atoms with E-state index in [-0.39, 0.29) is 5.57 Å². The second-order valence-corrected chi connectivity index (χ2v) is 7.21. The topological polar surface area (TPSA) is 84.9 Å². The summed E-state index contributed by atoms with van der Waals surface area (Å²) >= 11 is 0. The average molecular weight is 422 g/mol. The molecule has 0 aliphatic carbocycles. The number of benzene rings is 2. The maximum atomic E-state index is 13.1. The Labute approximate surface area is 181 Å². The number of carbonyl (C=O) groups excluding carboxylic acids is 3. The van der Waals surface area contributed by atoms with Gasteiger partial charge in [0.05, 0.1) is 18.9 Å². The number of ether oxygens (including phenoxy) is 2. The van der Waals surface area contributed by atoms with Crippen LogP contribution in [0.25, 0.3) is 6.08 Å². The normalized spacial score (nSPS) is 15.3. The number of nitrogens with one attached hydrogen (secondary N) is 1. The van der Waals surface area contributed by atoms with Gasteiger partial charge in [-0.15, -0.1) is 0 Å². The van der Waals surface area contributed by atoms with Crippen LogP contribution in [-0.2, 0) is 9.59 Å². The van der Waals surface area contributed by atoms with Crippen molar-refractivity contribution in [2.45, 2.75) is 34.1 Å². The fraction of sp³-hybridized carbons (Fsp3) is 0.292. The molecule has 0 saturated carbocycles. The number of hydrogen-bond acceptors (Lipinski definition) is 5. The third-order valence-electron chi connectivity index (χ3n) is 4.89. The van der Waals surface area contributed by atoms with Gasteiger partial charge in [0.2, 0.25) is 0 Å². The zero-order chi connectivity index (χ0) is 22.5. The number of anilines is 1. The standard InChI is InChI=1S/C24H26N2O5/c1-5-11-31-20-10-8-17(14-21(20)30-6-2)13-19-22(27)25-24(29)26(23(19)28)18-9-7-15(3)16(4)12-18/h7-10,12-14H,5-6,11H2,1-4H3,(H,25,27,29)/b19-13+. The molecule has 0 spiro atoms. The van der Waals surface area contributed by atoms with Gasteiger partial charge in [-0.3, -0.25) is 14.9 Å². The van der Waals surface area contributed by atoms with E-state index in [9.17, 15) is 14.4 Å². The minimum atomic E-state index is -0.770. The van der Waals surface area contributed by atoms with Crippen molar-refractivity contribution >= 4 is 29.6 Å². The number of amides is 4. The van der Waals surface area contributed by atoms with Crippen LogP contribution in [-0.4, -0.2) is 31.1 Å². The molecule has 0 atom stereocenters. The van der Waals surface area contributed by atoms with Gasteiger partial charge in [-0.05, 0) is 74.2 Å². The fourth-order valence-electron chi connectivity index (χ4n) is 3.14. The number of aryl methyl sites for hydroxylation is 2. The summed E-state index contributed by atoms with van der Waals surface area (Å²) < 4.78 is 11.3. The molecule has 7 nitrogen and oxygen atoms in total. The van der Waals surface area contributed by atoms with Crippen molar-refractivity contribution in [1.29, 1.82) is 0 Å². The number of rotatable bonds is 7. The molecule has 1 aliphatic heterocycles. The lowest BCUT2D eigenvalue weighted by Crippen LogP contribution is -2.54. The summed E-state index contributed by atoms with van der Waals surface area (Å²) in [4.78, 5) is 38.9. The highest BCUT2D eigenvalue weighted by atomic mass is 16.5. The Balaban J connectivity index is 1.97. The molecule has 1 fully saturated rings. The van der Waals surface area contributed by atoms with Gasteiger partial charge >= 0.3 is 6.03 Å². The average Bonchev–Trinajstić information content (AvgIpc) is 2.73. The van der Waals surface area contributed by atoms with E-state index in [1.54, 1.807) is 30.3 Å². The molecule has 162 valence electrons. The highest BCUT2D eigenvalue weighted by molar-refractivity contribution is 6.39. The molecule has 0 radical (unpaired) electrons. The molecule has 2 aromatic rings. The molecule has 0 unspecified atom stereocenters. The van der Waals surface area contributed by atoms with Crippen LogP contribution in [0, 0.1) is 13.8 Å². The monoisotopic (exact) mass is 422 g/mol. The summed E-state index contributed by atoms with van der Waals surface area (Å²) in [5.41, 5.74) is 2.82. The van der Waals surface area contributed by atoms with E-state index in [0.29, 0.717) is 36.0 Å². The third kappa shape index (κ3) is 4.77. The highest BCUT2D eigenvalue weighted by Gasteiger charge is 2.36. The number of nitrogens with zero attached hydrogens (tertiary/aromatic N) is 1. The number of carbonyl (C=O) groups is 3.